The summed E-state index contributed by atoms with van der Waals surface area (Å²) in [6, 6.07) is 0. The number of rotatable bonds is 3. The van der Waals surface area contributed by atoms with Gasteiger partial charge in [0.1, 0.15) is 11.5 Å². The minimum Gasteiger partial charge on any atom is -0.337 e. The molecule has 0 unspecified atom stereocenters. The van der Waals surface area contributed by atoms with Crippen LogP contribution in [0.5, 0.6) is 0 Å². The summed E-state index contributed by atoms with van der Waals surface area (Å²) in [4.78, 5) is 34.8. The van der Waals surface area contributed by atoms with Crippen molar-refractivity contribution >= 4 is 5.91 Å². The number of amides is 1. The van der Waals surface area contributed by atoms with Crippen molar-refractivity contribution in [2.75, 3.05) is 13.1 Å². The zero-order chi connectivity index (χ0) is 17.3. The Balaban J connectivity index is 1.82. The number of nitrogens with zero attached hydrogens (tertiary/aromatic N) is 6. The van der Waals surface area contributed by atoms with Crippen molar-refractivity contribution in [2.24, 2.45) is 7.05 Å². The zero-order valence-electron chi connectivity index (χ0n) is 14.3. The molecule has 24 heavy (non-hydrogen) atoms. The van der Waals surface area contributed by atoms with Crippen LogP contribution in [0.15, 0.2) is 17.2 Å². The van der Waals surface area contributed by atoms with Crippen molar-refractivity contribution in [3.8, 4) is 0 Å². The number of hydrogen-bond acceptors (Lipinski definition) is 5. The minimum atomic E-state index is -0.117. The molecule has 128 valence electrons. The molecule has 3 heterocycles. The lowest BCUT2D eigenvalue weighted by atomic mass is 9.97. The van der Waals surface area contributed by atoms with E-state index in [-0.39, 0.29) is 17.5 Å². The van der Waals surface area contributed by atoms with Gasteiger partial charge in [-0.25, -0.2) is 14.5 Å². The lowest BCUT2D eigenvalue weighted by molar-refractivity contribution is 0.0696. The molecule has 8 heteroatoms. The maximum atomic E-state index is 12.6. The molecule has 0 bridgehead atoms. The van der Waals surface area contributed by atoms with Gasteiger partial charge in [-0.1, -0.05) is 0 Å². The normalized spacial score (nSPS) is 18.0. The summed E-state index contributed by atoms with van der Waals surface area (Å²) in [5, 5.41) is 4.38. The molecule has 1 fully saturated rings. The topological polar surface area (TPSA) is 85.9 Å². The summed E-state index contributed by atoms with van der Waals surface area (Å²) in [5.74, 6) is 0.709. The van der Waals surface area contributed by atoms with Gasteiger partial charge in [0.25, 0.3) is 5.91 Å². The van der Waals surface area contributed by atoms with Crippen LogP contribution in [0.3, 0.4) is 0 Å². The van der Waals surface area contributed by atoms with Crippen LogP contribution < -0.4 is 5.69 Å². The maximum absolute atomic E-state index is 12.6. The van der Waals surface area contributed by atoms with Crippen LogP contribution in [0, 0.1) is 6.92 Å². The number of hydrogen-bond donors (Lipinski definition) is 0. The highest BCUT2D eigenvalue weighted by molar-refractivity contribution is 5.92. The second-order valence-corrected chi connectivity index (χ2v) is 6.14. The Morgan fingerprint density at radius 2 is 2.12 bits per heavy atom. The standard InChI is InChI=1S/C16H22N6O2/c1-4-22-14(19-20(3)16(22)24)12-6-5-7-21(10-12)15(23)13-9-17-11(2)8-18-13/h8-9,12H,4-7,10H2,1-3H3/t12-/m0/s1. The largest absolute Gasteiger partial charge is 0.345 e. The van der Waals surface area contributed by atoms with Crippen molar-refractivity contribution in [2.45, 2.75) is 39.2 Å². The van der Waals surface area contributed by atoms with Crippen LogP contribution in [0.1, 0.15) is 47.7 Å². The SMILES string of the molecule is CCn1c([C@H]2CCCN(C(=O)c3cnc(C)cn3)C2)nn(C)c1=O. The number of likely N-dealkylation sites (tertiary alicyclic amines) is 1. The second kappa shape index (κ2) is 6.54. The first-order valence-electron chi connectivity index (χ1n) is 8.23. The van der Waals surface area contributed by atoms with E-state index in [1.165, 1.54) is 10.9 Å². The van der Waals surface area contributed by atoms with E-state index >= 15 is 0 Å². The summed E-state index contributed by atoms with van der Waals surface area (Å²) in [6.45, 7) is 5.58. The van der Waals surface area contributed by atoms with Crippen molar-refractivity contribution in [3.63, 3.8) is 0 Å². The highest BCUT2D eigenvalue weighted by atomic mass is 16.2. The molecular formula is C16H22N6O2. The third-order valence-corrected chi connectivity index (χ3v) is 4.43. The summed E-state index contributed by atoms with van der Waals surface area (Å²) >= 11 is 0. The Bertz CT molecular complexity index is 792. The fraction of sp³-hybridized carbons (Fsp3) is 0.562. The summed E-state index contributed by atoms with van der Waals surface area (Å²) < 4.78 is 3.05. The first-order valence-corrected chi connectivity index (χ1v) is 8.23. The number of aryl methyl sites for hydroxylation is 2. The second-order valence-electron chi connectivity index (χ2n) is 6.14. The molecule has 0 aliphatic carbocycles. The van der Waals surface area contributed by atoms with Crippen LogP contribution in [-0.2, 0) is 13.6 Å². The Labute approximate surface area is 140 Å². The summed E-state index contributed by atoms with van der Waals surface area (Å²) in [7, 11) is 1.66. The van der Waals surface area contributed by atoms with E-state index in [0.29, 0.717) is 25.3 Å². The zero-order valence-corrected chi connectivity index (χ0v) is 14.3. The molecule has 0 spiro atoms. The van der Waals surface area contributed by atoms with Gasteiger partial charge in [0.2, 0.25) is 0 Å². The number of aromatic nitrogens is 5. The van der Waals surface area contributed by atoms with Crippen LogP contribution >= 0.6 is 0 Å². The number of carbonyl (C=O) groups excluding carboxylic acids is 1. The number of piperidine rings is 1. The van der Waals surface area contributed by atoms with Crippen molar-refractivity contribution in [3.05, 3.63) is 40.1 Å². The van der Waals surface area contributed by atoms with Gasteiger partial charge in [0, 0.05) is 38.8 Å². The fourth-order valence-electron chi connectivity index (χ4n) is 3.16. The monoisotopic (exact) mass is 330 g/mol. The first kappa shape index (κ1) is 16.4. The molecule has 1 atom stereocenters. The van der Waals surface area contributed by atoms with E-state index in [1.807, 2.05) is 13.8 Å². The van der Waals surface area contributed by atoms with Crippen LogP contribution in [0.25, 0.3) is 0 Å². The molecular weight excluding hydrogens is 308 g/mol. The van der Waals surface area contributed by atoms with Gasteiger partial charge in [0.15, 0.2) is 0 Å². The Morgan fingerprint density at radius 3 is 2.79 bits per heavy atom. The van der Waals surface area contributed by atoms with Gasteiger partial charge < -0.3 is 4.90 Å². The molecule has 0 N–H and O–H groups in total. The highest BCUT2D eigenvalue weighted by Gasteiger charge is 2.29. The molecule has 0 saturated carbocycles. The molecule has 1 saturated heterocycles. The van der Waals surface area contributed by atoms with Gasteiger partial charge in [-0.05, 0) is 26.7 Å². The minimum absolute atomic E-state index is 0.0648. The van der Waals surface area contributed by atoms with Crippen LogP contribution in [-0.4, -0.2) is 48.2 Å². The van der Waals surface area contributed by atoms with Crippen LogP contribution in [0.2, 0.25) is 0 Å². The van der Waals surface area contributed by atoms with Crippen molar-refractivity contribution in [1.82, 2.24) is 29.2 Å². The van der Waals surface area contributed by atoms with Crippen molar-refractivity contribution in [1.29, 1.82) is 0 Å². The predicted molar refractivity (Wildman–Crippen MR) is 87.8 cm³/mol. The fourth-order valence-corrected chi connectivity index (χ4v) is 3.16. The summed E-state index contributed by atoms with van der Waals surface area (Å²) in [6.07, 6.45) is 4.91. The molecule has 3 rings (SSSR count). The molecule has 1 aliphatic rings. The first-order chi connectivity index (χ1) is 11.5. The van der Waals surface area contributed by atoms with Gasteiger partial charge in [-0.15, -0.1) is 0 Å². The Hall–Kier alpha value is -2.51. The van der Waals surface area contributed by atoms with Gasteiger partial charge in [-0.2, -0.15) is 5.10 Å². The summed E-state index contributed by atoms with van der Waals surface area (Å²) in [5.41, 5.74) is 1.03. The lowest BCUT2D eigenvalue weighted by Gasteiger charge is -2.32. The van der Waals surface area contributed by atoms with Gasteiger partial charge in [0.05, 0.1) is 11.9 Å². The third-order valence-electron chi connectivity index (χ3n) is 4.43. The quantitative estimate of drug-likeness (QED) is 0.828. The number of carbonyl (C=O) groups is 1. The average Bonchev–Trinajstić information content (AvgIpc) is 2.89. The molecule has 2 aromatic heterocycles. The molecule has 0 radical (unpaired) electrons. The van der Waals surface area contributed by atoms with Crippen LogP contribution in [0.4, 0.5) is 0 Å². The highest BCUT2D eigenvalue weighted by Crippen LogP contribution is 2.25. The predicted octanol–water partition coefficient (Wildman–Crippen LogP) is 0.720. The molecule has 2 aromatic rings. The lowest BCUT2D eigenvalue weighted by Crippen LogP contribution is -2.40. The third kappa shape index (κ3) is 2.95. The Morgan fingerprint density at radius 1 is 1.33 bits per heavy atom. The molecule has 8 nitrogen and oxygen atoms in total. The molecule has 0 aromatic carbocycles. The van der Waals surface area contributed by atoms with E-state index in [0.717, 1.165) is 24.4 Å². The van der Waals surface area contributed by atoms with E-state index < -0.39 is 0 Å². The average molecular weight is 330 g/mol. The smallest absolute Gasteiger partial charge is 0.337 e. The van der Waals surface area contributed by atoms with Crippen molar-refractivity contribution < 1.29 is 4.79 Å². The van der Waals surface area contributed by atoms with E-state index in [2.05, 4.69) is 15.1 Å². The molecule has 1 aliphatic heterocycles. The van der Waals surface area contributed by atoms with Gasteiger partial charge >= 0.3 is 5.69 Å². The maximum Gasteiger partial charge on any atom is 0.345 e. The van der Waals surface area contributed by atoms with E-state index in [4.69, 9.17) is 0 Å². The van der Waals surface area contributed by atoms with Gasteiger partial charge in [-0.3, -0.25) is 14.3 Å². The van der Waals surface area contributed by atoms with E-state index in [9.17, 15) is 9.59 Å². The Kier molecular flexibility index (Phi) is 4.46. The van der Waals surface area contributed by atoms with E-state index in [1.54, 1.807) is 22.7 Å². The molecule has 1 amide bonds.